The number of thiophene rings is 1. The van der Waals surface area contributed by atoms with Crippen molar-refractivity contribution >= 4 is 22.9 Å². The normalized spacial score (nSPS) is 10.4. The number of nitrogens with one attached hydrogen (secondary N) is 1. The summed E-state index contributed by atoms with van der Waals surface area (Å²) in [5.74, 6) is 0.0541. The van der Waals surface area contributed by atoms with Crippen LogP contribution in [-0.2, 0) is 17.6 Å². The molecule has 0 unspecified atom stereocenters. The Kier molecular flexibility index (Phi) is 6.09. The van der Waals surface area contributed by atoms with Crippen LogP contribution in [-0.4, -0.2) is 17.4 Å². The van der Waals surface area contributed by atoms with Crippen molar-refractivity contribution in [2.45, 2.75) is 25.7 Å². The van der Waals surface area contributed by atoms with E-state index in [0.29, 0.717) is 19.4 Å². The highest BCUT2D eigenvalue weighted by atomic mass is 32.1. The summed E-state index contributed by atoms with van der Waals surface area (Å²) in [5, 5.41) is 15.5. The molecule has 1 amide bonds. The van der Waals surface area contributed by atoms with Gasteiger partial charge in [-0.05, 0) is 36.3 Å². The van der Waals surface area contributed by atoms with Gasteiger partial charge in [0.05, 0.1) is 4.92 Å². The lowest BCUT2D eigenvalue weighted by molar-refractivity contribution is -0.384. The molecule has 2 rings (SSSR count). The van der Waals surface area contributed by atoms with Crippen molar-refractivity contribution in [3.63, 3.8) is 0 Å². The molecule has 1 N–H and O–H groups in total. The van der Waals surface area contributed by atoms with Gasteiger partial charge in [-0.2, -0.15) is 0 Å². The van der Waals surface area contributed by atoms with E-state index >= 15 is 0 Å². The van der Waals surface area contributed by atoms with Gasteiger partial charge >= 0.3 is 0 Å². The third-order valence-corrected chi connectivity index (χ3v) is 4.23. The highest BCUT2D eigenvalue weighted by Crippen LogP contribution is 2.13. The number of nitro groups is 1. The Hall–Kier alpha value is -2.21. The van der Waals surface area contributed by atoms with E-state index in [0.717, 1.165) is 18.4 Å². The maximum Gasteiger partial charge on any atom is 0.269 e. The SMILES string of the molecule is O=C(CCCc1cccs1)NCCc1ccc([N+](=O)[O-])cc1. The van der Waals surface area contributed by atoms with E-state index in [1.165, 1.54) is 17.0 Å². The van der Waals surface area contributed by atoms with Crippen LogP contribution in [0.3, 0.4) is 0 Å². The van der Waals surface area contributed by atoms with Gasteiger partial charge in [0.1, 0.15) is 0 Å². The Morgan fingerprint density at radius 3 is 2.59 bits per heavy atom. The summed E-state index contributed by atoms with van der Waals surface area (Å²) in [4.78, 5) is 23.1. The highest BCUT2D eigenvalue weighted by Gasteiger charge is 2.05. The molecule has 0 spiro atoms. The molecule has 1 aromatic heterocycles. The average molecular weight is 318 g/mol. The molecular formula is C16H18N2O3S. The molecule has 116 valence electrons. The van der Waals surface area contributed by atoms with Crippen LogP contribution in [0.5, 0.6) is 0 Å². The molecule has 1 heterocycles. The van der Waals surface area contributed by atoms with Gasteiger partial charge in [0.15, 0.2) is 0 Å². The Balaban J connectivity index is 1.63. The zero-order valence-corrected chi connectivity index (χ0v) is 13.0. The molecule has 0 saturated heterocycles. The lowest BCUT2D eigenvalue weighted by Crippen LogP contribution is -2.25. The maximum absolute atomic E-state index is 11.7. The molecule has 1 aromatic carbocycles. The second-order valence-corrected chi connectivity index (χ2v) is 5.99. The number of non-ortho nitro benzene ring substituents is 1. The highest BCUT2D eigenvalue weighted by molar-refractivity contribution is 7.09. The van der Waals surface area contributed by atoms with Gasteiger partial charge in [0, 0.05) is 30.0 Å². The Bertz CT molecular complexity index is 609. The van der Waals surface area contributed by atoms with Crippen LogP contribution in [0.4, 0.5) is 5.69 Å². The summed E-state index contributed by atoms with van der Waals surface area (Å²) in [7, 11) is 0. The number of amides is 1. The summed E-state index contributed by atoms with van der Waals surface area (Å²) in [6.45, 7) is 0.551. The van der Waals surface area contributed by atoms with E-state index in [2.05, 4.69) is 11.4 Å². The molecule has 0 bridgehead atoms. The van der Waals surface area contributed by atoms with Crippen molar-refractivity contribution in [1.29, 1.82) is 0 Å². The van der Waals surface area contributed by atoms with Gasteiger partial charge in [-0.25, -0.2) is 0 Å². The van der Waals surface area contributed by atoms with Crippen LogP contribution in [0.1, 0.15) is 23.3 Å². The van der Waals surface area contributed by atoms with Gasteiger partial charge in [0.25, 0.3) is 5.69 Å². The minimum Gasteiger partial charge on any atom is -0.356 e. The molecule has 0 radical (unpaired) electrons. The first-order valence-corrected chi connectivity index (χ1v) is 8.05. The smallest absolute Gasteiger partial charge is 0.269 e. The first-order valence-electron chi connectivity index (χ1n) is 7.17. The van der Waals surface area contributed by atoms with Crippen molar-refractivity contribution in [2.75, 3.05) is 6.54 Å². The van der Waals surface area contributed by atoms with Gasteiger partial charge in [-0.3, -0.25) is 14.9 Å². The molecule has 0 aliphatic heterocycles. The van der Waals surface area contributed by atoms with Crippen molar-refractivity contribution in [1.82, 2.24) is 5.32 Å². The van der Waals surface area contributed by atoms with E-state index in [-0.39, 0.29) is 11.6 Å². The topological polar surface area (TPSA) is 72.2 Å². The predicted octanol–water partition coefficient (Wildman–Crippen LogP) is 3.34. The number of rotatable bonds is 8. The predicted molar refractivity (Wildman–Crippen MR) is 87.1 cm³/mol. The number of carbonyl (C=O) groups is 1. The third-order valence-electron chi connectivity index (χ3n) is 3.29. The van der Waals surface area contributed by atoms with E-state index in [1.54, 1.807) is 23.5 Å². The van der Waals surface area contributed by atoms with E-state index in [4.69, 9.17) is 0 Å². The second-order valence-electron chi connectivity index (χ2n) is 4.96. The van der Waals surface area contributed by atoms with Crippen LogP contribution >= 0.6 is 11.3 Å². The molecule has 0 saturated carbocycles. The number of carbonyl (C=O) groups excluding carboxylic acids is 1. The minimum atomic E-state index is -0.418. The molecule has 6 heteroatoms. The number of aryl methyl sites for hydroxylation is 1. The molecule has 2 aromatic rings. The molecule has 5 nitrogen and oxygen atoms in total. The van der Waals surface area contributed by atoms with Crippen LogP contribution in [0.25, 0.3) is 0 Å². The van der Waals surface area contributed by atoms with Gasteiger partial charge in [0.2, 0.25) is 5.91 Å². The fraction of sp³-hybridized carbons (Fsp3) is 0.312. The number of nitro benzene ring substituents is 1. The zero-order chi connectivity index (χ0) is 15.8. The van der Waals surface area contributed by atoms with Gasteiger partial charge in [-0.15, -0.1) is 11.3 Å². The maximum atomic E-state index is 11.7. The Morgan fingerprint density at radius 1 is 1.18 bits per heavy atom. The summed E-state index contributed by atoms with van der Waals surface area (Å²) in [5.41, 5.74) is 1.06. The fourth-order valence-corrected chi connectivity index (χ4v) is 2.85. The zero-order valence-electron chi connectivity index (χ0n) is 12.2. The molecular weight excluding hydrogens is 300 g/mol. The lowest BCUT2D eigenvalue weighted by atomic mass is 10.1. The summed E-state index contributed by atoms with van der Waals surface area (Å²) in [6, 6.07) is 10.5. The number of nitrogens with zero attached hydrogens (tertiary/aromatic N) is 1. The fourth-order valence-electron chi connectivity index (χ4n) is 2.10. The summed E-state index contributed by atoms with van der Waals surface area (Å²) < 4.78 is 0. The van der Waals surface area contributed by atoms with Gasteiger partial charge in [-0.1, -0.05) is 18.2 Å². The number of hydrogen-bond acceptors (Lipinski definition) is 4. The first kappa shape index (κ1) is 16.2. The largest absolute Gasteiger partial charge is 0.356 e. The molecule has 22 heavy (non-hydrogen) atoms. The average Bonchev–Trinajstić information content (AvgIpc) is 3.01. The van der Waals surface area contributed by atoms with Crippen molar-refractivity contribution in [3.8, 4) is 0 Å². The molecule has 0 fully saturated rings. The van der Waals surface area contributed by atoms with E-state index < -0.39 is 4.92 Å². The van der Waals surface area contributed by atoms with Crippen LogP contribution < -0.4 is 5.32 Å². The Labute approximate surface area is 133 Å². The summed E-state index contributed by atoms with van der Waals surface area (Å²) >= 11 is 1.71. The van der Waals surface area contributed by atoms with Crippen molar-refractivity contribution < 1.29 is 9.72 Å². The van der Waals surface area contributed by atoms with Crippen LogP contribution in [0, 0.1) is 10.1 Å². The minimum absolute atomic E-state index is 0.0541. The van der Waals surface area contributed by atoms with Crippen LogP contribution in [0.2, 0.25) is 0 Å². The molecule has 0 aliphatic rings. The van der Waals surface area contributed by atoms with E-state index in [1.807, 2.05) is 11.4 Å². The van der Waals surface area contributed by atoms with Crippen molar-refractivity contribution in [3.05, 3.63) is 62.3 Å². The molecule has 0 aliphatic carbocycles. The number of benzene rings is 1. The van der Waals surface area contributed by atoms with E-state index in [9.17, 15) is 14.9 Å². The second kappa shape index (κ2) is 8.29. The van der Waals surface area contributed by atoms with Crippen molar-refractivity contribution in [2.24, 2.45) is 0 Å². The quantitative estimate of drug-likeness (QED) is 0.599. The molecule has 0 atom stereocenters. The monoisotopic (exact) mass is 318 g/mol. The van der Waals surface area contributed by atoms with Gasteiger partial charge < -0.3 is 5.32 Å². The van der Waals surface area contributed by atoms with Crippen LogP contribution in [0.15, 0.2) is 41.8 Å². The Morgan fingerprint density at radius 2 is 1.95 bits per heavy atom. The summed E-state index contributed by atoms with van der Waals surface area (Å²) in [6.07, 6.45) is 2.99. The standard InChI is InChI=1S/C16H18N2O3S/c19-16(5-1-3-15-4-2-12-22-15)17-11-10-13-6-8-14(9-7-13)18(20)21/h2,4,6-9,12H,1,3,5,10-11H2,(H,17,19). The number of hydrogen-bond donors (Lipinski definition) is 1. The lowest BCUT2D eigenvalue weighted by Gasteiger charge is -2.05. The third kappa shape index (κ3) is 5.29. The first-order chi connectivity index (χ1) is 10.6.